The summed E-state index contributed by atoms with van der Waals surface area (Å²) in [6, 6.07) is 6.99. The first-order valence-electron chi connectivity index (χ1n) is 13.7. The molecule has 2 saturated heterocycles. The molecule has 3 bridgehead atoms. The van der Waals surface area contributed by atoms with Crippen LogP contribution < -0.4 is 9.47 Å². The minimum Gasteiger partial charge on any atom is -0.493 e. The smallest absolute Gasteiger partial charge is 0.170 e. The fourth-order valence-electron chi connectivity index (χ4n) is 9.68. The monoisotopic (exact) mass is 467 g/mol. The Morgan fingerprint density at radius 1 is 0.941 bits per heavy atom. The molecule has 0 radical (unpaired) electrons. The number of rotatable bonds is 4. The van der Waals surface area contributed by atoms with Crippen LogP contribution >= 0.6 is 0 Å². The molecule has 6 aliphatic rings. The summed E-state index contributed by atoms with van der Waals surface area (Å²) in [5.41, 5.74) is 1.90. The highest BCUT2D eigenvalue weighted by molar-refractivity contribution is 5.46. The molecule has 0 N–H and O–H groups in total. The van der Waals surface area contributed by atoms with Gasteiger partial charge in [-0.25, -0.2) is 0 Å². The molecule has 8 unspecified atom stereocenters. The van der Waals surface area contributed by atoms with Gasteiger partial charge in [0.1, 0.15) is 0 Å². The summed E-state index contributed by atoms with van der Waals surface area (Å²) in [7, 11) is 5.73. The maximum atomic E-state index is 7.10. The molecule has 7 rings (SSSR count). The predicted octanol–water partition coefficient (Wildman–Crippen LogP) is 5.16. The van der Waals surface area contributed by atoms with Crippen LogP contribution in [-0.2, 0) is 14.9 Å². The van der Waals surface area contributed by atoms with Crippen molar-refractivity contribution in [3.63, 3.8) is 0 Å². The molecule has 4 saturated carbocycles. The van der Waals surface area contributed by atoms with E-state index in [1.165, 1.54) is 50.5 Å². The van der Waals surface area contributed by atoms with E-state index in [4.69, 9.17) is 18.9 Å². The first-order chi connectivity index (χ1) is 16.5. The summed E-state index contributed by atoms with van der Waals surface area (Å²) in [4.78, 5) is 2.56. The average molecular weight is 468 g/mol. The van der Waals surface area contributed by atoms with Crippen LogP contribution in [0.1, 0.15) is 69.8 Å². The number of hydrogen-bond acceptors (Lipinski definition) is 5. The summed E-state index contributed by atoms with van der Waals surface area (Å²) >= 11 is 0. The maximum Gasteiger partial charge on any atom is 0.170 e. The van der Waals surface area contributed by atoms with E-state index in [-0.39, 0.29) is 5.41 Å². The molecule has 5 nitrogen and oxygen atoms in total. The third kappa shape index (κ3) is 3.02. The number of fused-ring (bicyclic) bond motifs is 3. The Hall–Kier alpha value is -1.30. The average Bonchev–Trinajstić information content (AvgIpc) is 3.49. The Labute approximate surface area is 204 Å². The lowest BCUT2D eigenvalue weighted by molar-refractivity contribution is -0.218. The largest absolute Gasteiger partial charge is 0.493 e. The van der Waals surface area contributed by atoms with Crippen molar-refractivity contribution in [3.05, 3.63) is 23.8 Å². The first-order valence-corrected chi connectivity index (χ1v) is 13.7. The Bertz CT molecular complexity index is 963. The van der Waals surface area contributed by atoms with Gasteiger partial charge in [-0.2, -0.15) is 0 Å². The van der Waals surface area contributed by atoms with Crippen molar-refractivity contribution in [2.24, 2.45) is 23.2 Å². The van der Waals surface area contributed by atoms with Gasteiger partial charge in [-0.15, -0.1) is 0 Å². The Morgan fingerprint density at radius 2 is 1.79 bits per heavy atom. The van der Waals surface area contributed by atoms with Crippen LogP contribution in [0.4, 0.5) is 0 Å². The van der Waals surface area contributed by atoms with Gasteiger partial charge in [-0.1, -0.05) is 6.07 Å². The van der Waals surface area contributed by atoms with Crippen molar-refractivity contribution in [3.8, 4) is 11.5 Å². The van der Waals surface area contributed by atoms with Crippen molar-refractivity contribution >= 4 is 0 Å². The van der Waals surface area contributed by atoms with Crippen LogP contribution in [-0.4, -0.2) is 57.3 Å². The van der Waals surface area contributed by atoms with Gasteiger partial charge in [-0.3, -0.25) is 0 Å². The zero-order chi connectivity index (χ0) is 23.1. The van der Waals surface area contributed by atoms with Crippen molar-refractivity contribution in [1.29, 1.82) is 0 Å². The summed E-state index contributed by atoms with van der Waals surface area (Å²) in [6.45, 7) is 1.93. The molecule has 2 aliphatic heterocycles. The molecular weight excluding hydrogens is 426 g/mol. The number of methoxy groups -OCH3 is 2. The highest BCUT2D eigenvalue weighted by Crippen LogP contribution is 2.64. The lowest BCUT2D eigenvalue weighted by Gasteiger charge is -2.50. The summed E-state index contributed by atoms with van der Waals surface area (Å²) in [5, 5.41) is 0. The second kappa shape index (κ2) is 7.60. The molecule has 1 spiro atoms. The van der Waals surface area contributed by atoms with E-state index in [1.807, 2.05) is 0 Å². The molecule has 1 aromatic carbocycles. The Morgan fingerprint density at radius 3 is 2.65 bits per heavy atom. The third-order valence-electron chi connectivity index (χ3n) is 11.3. The van der Waals surface area contributed by atoms with Crippen LogP contribution in [0.3, 0.4) is 0 Å². The lowest BCUT2D eigenvalue weighted by atomic mass is 9.59. The Balaban J connectivity index is 1.14. The SMILES string of the molecule is COc1ccc(C23CCN(C)C2CC2(CC3)OCC(C34CCC5CC(CC5C3)C4)O2)cc1OC. The van der Waals surface area contributed by atoms with E-state index in [9.17, 15) is 0 Å². The number of likely N-dealkylation sites (tertiary alicyclic amines) is 1. The van der Waals surface area contributed by atoms with E-state index >= 15 is 0 Å². The van der Waals surface area contributed by atoms with Gasteiger partial charge < -0.3 is 23.8 Å². The second-order valence-electron chi connectivity index (χ2n) is 12.7. The van der Waals surface area contributed by atoms with Crippen molar-refractivity contribution in [2.75, 3.05) is 34.4 Å². The van der Waals surface area contributed by atoms with Crippen LogP contribution in [0.2, 0.25) is 0 Å². The minimum absolute atomic E-state index is 0.130. The predicted molar refractivity (Wildman–Crippen MR) is 130 cm³/mol. The van der Waals surface area contributed by atoms with Gasteiger partial charge in [0.2, 0.25) is 0 Å². The van der Waals surface area contributed by atoms with Crippen LogP contribution in [0, 0.1) is 23.2 Å². The van der Waals surface area contributed by atoms with Gasteiger partial charge in [0.15, 0.2) is 17.3 Å². The molecule has 186 valence electrons. The van der Waals surface area contributed by atoms with E-state index in [0.717, 1.165) is 61.7 Å². The third-order valence-corrected chi connectivity index (χ3v) is 11.3. The van der Waals surface area contributed by atoms with Crippen molar-refractivity contribution in [1.82, 2.24) is 4.90 Å². The standard InChI is InChI=1S/C29H41NO4/c1-30-11-10-28(22-4-5-23(31-2)24(14-22)32-3)8-9-29(17-25(28)30)33-18-26(34-29)27-7-6-20-12-19(15-27)13-21(20)16-27/h4-5,14,19-21,25-26H,6-13,15-18H2,1-3H3. The first kappa shape index (κ1) is 21.9. The molecule has 4 aliphatic carbocycles. The Kier molecular flexibility index (Phi) is 4.90. The number of likely N-dealkylation sites (N-methyl/N-ethyl adjacent to an activating group) is 1. The molecule has 34 heavy (non-hydrogen) atoms. The van der Waals surface area contributed by atoms with Gasteiger partial charge >= 0.3 is 0 Å². The number of ether oxygens (including phenoxy) is 4. The van der Waals surface area contributed by atoms with E-state index < -0.39 is 5.79 Å². The topological polar surface area (TPSA) is 40.2 Å². The normalized spacial score (nSPS) is 47.3. The summed E-state index contributed by atoms with van der Waals surface area (Å²) < 4.78 is 25.0. The highest BCUT2D eigenvalue weighted by Gasteiger charge is 2.62. The highest BCUT2D eigenvalue weighted by atomic mass is 16.7. The van der Waals surface area contributed by atoms with Gasteiger partial charge in [-0.05, 0) is 106 Å². The number of hydrogen-bond donors (Lipinski definition) is 0. The number of nitrogens with zero attached hydrogens (tertiary/aromatic N) is 1. The lowest BCUT2D eigenvalue weighted by Crippen LogP contribution is -2.53. The molecule has 6 fully saturated rings. The van der Waals surface area contributed by atoms with Gasteiger partial charge in [0.05, 0.1) is 26.9 Å². The molecular formula is C29H41NO4. The second-order valence-corrected chi connectivity index (χ2v) is 12.7. The van der Waals surface area contributed by atoms with Crippen LogP contribution in [0.25, 0.3) is 0 Å². The quantitative estimate of drug-likeness (QED) is 0.612. The molecule has 8 atom stereocenters. The van der Waals surface area contributed by atoms with Crippen LogP contribution in [0.5, 0.6) is 11.5 Å². The van der Waals surface area contributed by atoms with Gasteiger partial charge in [0, 0.05) is 24.3 Å². The van der Waals surface area contributed by atoms with E-state index in [0.29, 0.717) is 17.6 Å². The molecule has 0 amide bonds. The molecule has 1 aromatic rings. The molecule has 5 heteroatoms. The molecule has 0 aromatic heterocycles. The van der Waals surface area contributed by atoms with Gasteiger partial charge in [0.25, 0.3) is 0 Å². The fourth-order valence-corrected chi connectivity index (χ4v) is 9.68. The molecule has 2 heterocycles. The zero-order valence-electron chi connectivity index (χ0n) is 21.2. The minimum atomic E-state index is -0.393. The summed E-state index contributed by atoms with van der Waals surface area (Å²) in [5.74, 6) is 4.18. The zero-order valence-corrected chi connectivity index (χ0v) is 21.2. The van der Waals surface area contributed by atoms with E-state index in [2.05, 4.69) is 30.1 Å². The van der Waals surface area contributed by atoms with Crippen molar-refractivity contribution < 1.29 is 18.9 Å². The summed E-state index contributed by atoms with van der Waals surface area (Å²) in [6.07, 6.45) is 13.1. The van der Waals surface area contributed by atoms with Crippen LogP contribution in [0.15, 0.2) is 18.2 Å². The fraction of sp³-hybridized carbons (Fsp3) is 0.793. The van der Waals surface area contributed by atoms with E-state index in [1.54, 1.807) is 14.2 Å². The number of benzene rings is 1. The maximum absolute atomic E-state index is 7.10. The van der Waals surface area contributed by atoms with Crippen molar-refractivity contribution in [2.45, 2.75) is 87.6 Å².